The standard InChI is InChI=1S/C43H56O5/c1-26(2)10-9-11-27(3)35-17-18-36-34-15-14-29-24-30(20-22-42(29,5)37(34)21-23-43(35,36)6)47-39(44)25-46-38-19-16-32-31-12-7-8-13-33(31)41(45)48-40(32)28(38)4/h7-8,12-14,16,19,26-27,30,34-37H,9-11,15,17-18,20-25H2,1-6H3/t27-,30+,34+,35-,36-,37+,42+,43-/m1/s1. The largest absolute Gasteiger partial charge is 0.481 e. The Bertz CT molecular complexity index is 1770. The third-order valence-electron chi connectivity index (χ3n) is 13.9. The van der Waals surface area contributed by atoms with Crippen LogP contribution in [0.5, 0.6) is 5.75 Å². The fourth-order valence-electron chi connectivity index (χ4n) is 11.3. The fraction of sp³-hybridized carbons (Fsp3) is 0.628. The molecule has 0 spiro atoms. The summed E-state index contributed by atoms with van der Waals surface area (Å²) in [7, 11) is 0. The third kappa shape index (κ3) is 5.81. The maximum Gasteiger partial charge on any atom is 0.344 e. The molecule has 5 nitrogen and oxygen atoms in total. The number of fused-ring (bicyclic) bond motifs is 8. The van der Waals surface area contributed by atoms with Crippen molar-refractivity contribution in [2.75, 3.05) is 6.61 Å². The average molecular weight is 653 g/mol. The van der Waals surface area contributed by atoms with E-state index in [-0.39, 0.29) is 29.7 Å². The van der Waals surface area contributed by atoms with E-state index in [1.807, 2.05) is 37.3 Å². The molecular formula is C43H56O5. The Balaban J connectivity index is 0.974. The summed E-state index contributed by atoms with van der Waals surface area (Å²) < 4.78 is 17.7. The van der Waals surface area contributed by atoms with Crippen LogP contribution in [0.1, 0.15) is 111 Å². The van der Waals surface area contributed by atoms with Crippen LogP contribution in [0.4, 0.5) is 0 Å². The Hall–Kier alpha value is -3.08. The molecule has 1 aromatic heterocycles. The zero-order valence-corrected chi connectivity index (χ0v) is 30.1. The van der Waals surface area contributed by atoms with Gasteiger partial charge in [0, 0.05) is 17.4 Å². The molecule has 48 heavy (non-hydrogen) atoms. The molecule has 0 radical (unpaired) electrons. The number of esters is 1. The van der Waals surface area contributed by atoms with Crippen LogP contribution in [0.3, 0.4) is 0 Å². The lowest BCUT2D eigenvalue weighted by Crippen LogP contribution is -2.51. The molecule has 7 rings (SSSR count). The molecule has 8 atom stereocenters. The van der Waals surface area contributed by atoms with Crippen molar-refractivity contribution in [1.82, 2.24) is 0 Å². The van der Waals surface area contributed by atoms with E-state index < -0.39 is 0 Å². The van der Waals surface area contributed by atoms with E-state index in [0.717, 1.165) is 65.5 Å². The minimum Gasteiger partial charge on any atom is -0.481 e. The van der Waals surface area contributed by atoms with Crippen molar-refractivity contribution in [3.63, 3.8) is 0 Å². The van der Waals surface area contributed by atoms with Gasteiger partial charge in [0.2, 0.25) is 0 Å². The Kier molecular flexibility index (Phi) is 9.04. The highest BCUT2D eigenvalue weighted by Crippen LogP contribution is 2.67. The molecule has 0 aliphatic heterocycles. The lowest BCUT2D eigenvalue weighted by atomic mass is 9.47. The molecule has 2 aromatic carbocycles. The van der Waals surface area contributed by atoms with Gasteiger partial charge in [0.05, 0.1) is 5.39 Å². The highest BCUT2D eigenvalue weighted by molar-refractivity contribution is 6.05. The first-order valence-corrected chi connectivity index (χ1v) is 19.0. The van der Waals surface area contributed by atoms with Gasteiger partial charge in [0.25, 0.3) is 0 Å². The number of carbonyl (C=O) groups is 1. The summed E-state index contributed by atoms with van der Waals surface area (Å²) in [6.07, 6.45) is 16.2. The predicted octanol–water partition coefficient (Wildman–Crippen LogP) is 10.6. The number of hydrogen-bond donors (Lipinski definition) is 0. The lowest BCUT2D eigenvalue weighted by Gasteiger charge is -2.58. The van der Waals surface area contributed by atoms with Gasteiger partial charge in [-0.1, -0.05) is 83.7 Å². The number of carbonyl (C=O) groups excluding carboxylic acids is 1. The molecule has 3 saturated carbocycles. The number of benzene rings is 2. The number of rotatable bonds is 9. The summed E-state index contributed by atoms with van der Waals surface area (Å²) in [5.74, 6) is 5.10. The van der Waals surface area contributed by atoms with Crippen LogP contribution >= 0.6 is 0 Å². The second-order valence-electron chi connectivity index (χ2n) is 16.9. The molecule has 0 N–H and O–H groups in total. The van der Waals surface area contributed by atoms with Crippen LogP contribution in [-0.2, 0) is 9.53 Å². The molecule has 258 valence electrons. The van der Waals surface area contributed by atoms with E-state index in [0.29, 0.717) is 27.7 Å². The SMILES string of the molecule is Cc1c(OCC(=O)O[C@H]2CC[C@@]3(C)C(=CC[C@H]4[C@H]5CC[C@H]([C@H](C)CCCC(C)C)[C@@]5(C)CC[C@@H]43)C2)ccc2c1oc(=O)c1ccccc12. The third-order valence-corrected chi connectivity index (χ3v) is 13.9. The maximum absolute atomic E-state index is 13.1. The van der Waals surface area contributed by atoms with Crippen LogP contribution in [0, 0.1) is 53.3 Å². The highest BCUT2D eigenvalue weighted by Gasteiger charge is 2.59. The van der Waals surface area contributed by atoms with E-state index in [2.05, 4.69) is 40.7 Å². The summed E-state index contributed by atoms with van der Waals surface area (Å²) in [4.78, 5) is 25.7. The van der Waals surface area contributed by atoms with Crippen LogP contribution in [0.25, 0.3) is 21.7 Å². The van der Waals surface area contributed by atoms with E-state index in [1.165, 1.54) is 56.9 Å². The van der Waals surface area contributed by atoms with Crippen LogP contribution in [-0.4, -0.2) is 18.7 Å². The molecule has 4 aliphatic rings. The normalized spacial score (nSPS) is 32.0. The van der Waals surface area contributed by atoms with Crippen LogP contribution < -0.4 is 10.4 Å². The number of ether oxygens (including phenoxy) is 2. The molecule has 5 heteroatoms. The van der Waals surface area contributed by atoms with Gasteiger partial charge in [-0.3, -0.25) is 0 Å². The van der Waals surface area contributed by atoms with Crippen molar-refractivity contribution in [3.8, 4) is 5.75 Å². The summed E-state index contributed by atoms with van der Waals surface area (Å²) >= 11 is 0. The second-order valence-corrected chi connectivity index (χ2v) is 16.9. The van der Waals surface area contributed by atoms with Gasteiger partial charge in [-0.2, -0.15) is 0 Å². The molecule has 0 saturated heterocycles. The Morgan fingerprint density at radius 2 is 1.73 bits per heavy atom. The second kappa shape index (κ2) is 13.0. The number of hydrogen-bond acceptors (Lipinski definition) is 5. The Morgan fingerprint density at radius 3 is 2.52 bits per heavy atom. The fourth-order valence-corrected chi connectivity index (χ4v) is 11.3. The van der Waals surface area contributed by atoms with Crippen molar-refractivity contribution in [3.05, 3.63) is 64.0 Å². The maximum atomic E-state index is 13.1. The van der Waals surface area contributed by atoms with Gasteiger partial charge in [0.15, 0.2) is 6.61 Å². The first-order chi connectivity index (χ1) is 23.0. The van der Waals surface area contributed by atoms with Gasteiger partial charge >= 0.3 is 11.6 Å². The predicted molar refractivity (Wildman–Crippen MR) is 193 cm³/mol. The van der Waals surface area contributed by atoms with Gasteiger partial charge in [-0.25, -0.2) is 9.59 Å². The summed E-state index contributed by atoms with van der Waals surface area (Å²) in [6, 6.07) is 11.2. The van der Waals surface area contributed by atoms with Gasteiger partial charge < -0.3 is 13.9 Å². The highest BCUT2D eigenvalue weighted by atomic mass is 16.6. The monoisotopic (exact) mass is 652 g/mol. The first kappa shape index (κ1) is 33.4. The van der Waals surface area contributed by atoms with Crippen molar-refractivity contribution in [2.24, 2.45) is 46.3 Å². The van der Waals surface area contributed by atoms with Gasteiger partial charge in [0.1, 0.15) is 17.4 Å². The molecule has 0 bridgehead atoms. The van der Waals surface area contributed by atoms with Gasteiger partial charge in [-0.15, -0.1) is 0 Å². The molecule has 0 unspecified atom stereocenters. The molecule has 1 heterocycles. The molecule has 0 amide bonds. The minimum atomic E-state index is -0.373. The summed E-state index contributed by atoms with van der Waals surface area (Å²) in [6.45, 7) is 14.2. The Morgan fingerprint density at radius 1 is 0.938 bits per heavy atom. The van der Waals surface area contributed by atoms with Crippen molar-refractivity contribution in [2.45, 2.75) is 118 Å². The van der Waals surface area contributed by atoms with Crippen LogP contribution in [0.2, 0.25) is 0 Å². The topological polar surface area (TPSA) is 65.7 Å². The molecule has 4 aliphatic carbocycles. The first-order valence-electron chi connectivity index (χ1n) is 19.0. The van der Waals surface area contributed by atoms with Crippen molar-refractivity contribution < 1.29 is 18.7 Å². The summed E-state index contributed by atoms with van der Waals surface area (Å²) in [5, 5.41) is 2.26. The van der Waals surface area contributed by atoms with E-state index in [9.17, 15) is 9.59 Å². The quantitative estimate of drug-likeness (QED) is 0.0996. The van der Waals surface area contributed by atoms with Crippen molar-refractivity contribution in [1.29, 1.82) is 0 Å². The van der Waals surface area contributed by atoms with E-state index >= 15 is 0 Å². The molecular weight excluding hydrogens is 596 g/mol. The van der Waals surface area contributed by atoms with Gasteiger partial charge in [-0.05, 0) is 122 Å². The molecule has 3 aromatic rings. The zero-order chi connectivity index (χ0) is 33.8. The summed E-state index contributed by atoms with van der Waals surface area (Å²) in [5.41, 5.74) is 3.07. The number of aryl methyl sites for hydroxylation is 1. The smallest absolute Gasteiger partial charge is 0.344 e. The Labute approximate surface area is 286 Å². The van der Waals surface area contributed by atoms with Crippen LogP contribution in [0.15, 0.2) is 57.3 Å². The van der Waals surface area contributed by atoms with E-state index in [4.69, 9.17) is 13.9 Å². The number of allylic oxidation sites excluding steroid dienone is 1. The van der Waals surface area contributed by atoms with E-state index in [1.54, 1.807) is 6.07 Å². The molecule has 3 fully saturated rings. The minimum absolute atomic E-state index is 0.101. The zero-order valence-electron chi connectivity index (χ0n) is 30.1. The average Bonchev–Trinajstić information content (AvgIpc) is 3.42. The van der Waals surface area contributed by atoms with Crippen molar-refractivity contribution >= 4 is 27.7 Å². The lowest BCUT2D eigenvalue weighted by molar-refractivity contribution is -0.153.